The molecule has 0 saturated carbocycles. The van der Waals surface area contributed by atoms with Crippen LogP contribution in [0, 0.1) is 10.1 Å². The van der Waals surface area contributed by atoms with Crippen LogP contribution in [0.1, 0.15) is 32.8 Å². The first-order valence-electron chi connectivity index (χ1n) is 6.21. The van der Waals surface area contributed by atoms with Crippen LogP contribution < -0.4 is 5.32 Å². The van der Waals surface area contributed by atoms with E-state index in [9.17, 15) is 10.1 Å². The first-order chi connectivity index (χ1) is 8.58. The van der Waals surface area contributed by atoms with Crippen molar-refractivity contribution in [2.45, 2.75) is 39.9 Å². The monoisotopic (exact) mass is 252 g/mol. The molecule has 0 spiro atoms. The second-order valence-electron chi connectivity index (χ2n) is 4.17. The molecule has 0 saturated heterocycles. The summed E-state index contributed by atoms with van der Waals surface area (Å²) >= 11 is 0. The molecule has 0 heterocycles. The lowest BCUT2D eigenvalue weighted by Gasteiger charge is -2.11. The highest BCUT2D eigenvalue weighted by Crippen LogP contribution is 2.25. The minimum Gasteiger partial charge on any atom is -0.380 e. The summed E-state index contributed by atoms with van der Waals surface area (Å²) in [6.45, 7) is 7.00. The molecular formula is C13H20N2O3. The molecule has 1 aromatic carbocycles. The van der Waals surface area contributed by atoms with Crippen molar-refractivity contribution in [3.63, 3.8) is 0 Å². The fraction of sp³-hybridized carbons (Fsp3) is 0.538. The van der Waals surface area contributed by atoms with E-state index in [1.807, 2.05) is 26.8 Å². The summed E-state index contributed by atoms with van der Waals surface area (Å²) in [6.07, 6.45) is 1.09. The van der Waals surface area contributed by atoms with E-state index < -0.39 is 0 Å². The molecule has 0 radical (unpaired) electrons. The van der Waals surface area contributed by atoms with Crippen LogP contribution in [-0.2, 0) is 11.3 Å². The highest BCUT2D eigenvalue weighted by molar-refractivity contribution is 5.62. The average Bonchev–Trinajstić information content (AvgIpc) is 2.37. The lowest BCUT2D eigenvalue weighted by molar-refractivity contribution is -0.384. The number of rotatable bonds is 7. The van der Waals surface area contributed by atoms with Crippen molar-refractivity contribution < 1.29 is 9.66 Å². The van der Waals surface area contributed by atoms with Crippen molar-refractivity contribution in [3.05, 3.63) is 33.9 Å². The van der Waals surface area contributed by atoms with Gasteiger partial charge in [0, 0.05) is 12.6 Å². The van der Waals surface area contributed by atoms with Crippen LogP contribution in [0.3, 0.4) is 0 Å². The number of anilines is 1. The molecule has 0 aliphatic rings. The van der Waals surface area contributed by atoms with Gasteiger partial charge < -0.3 is 10.1 Å². The molecule has 1 unspecified atom stereocenters. The predicted octanol–water partition coefficient (Wildman–Crippen LogP) is 3.34. The summed E-state index contributed by atoms with van der Waals surface area (Å²) in [5, 5.41) is 13.9. The lowest BCUT2D eigenvalue weighted by atomic mass is 10.2. The third-order valence-electron chi connectivity index (χ3n) is 2.74. The van der Waals surface area contributed by atoms with Gasteiger partial charge in [0.2, 0.25) is 0 Å². The van der Waals surface area contributed by atoms with Crippen LogP contribution in [-0.4, -0.2) is 17.6 Å². The van der Waals surface area contributed by atoms with Gasteiger partial charge >= 0.3 is 0 Å². The Morgan fingerprint density at radius 1 is 1.44 bits per heavy atom. The quantitative estimate of drug-likeness (QED) is 0.597. The molecule has 0 bridgehead atoms. The summed E-state index contributed by atoms with van der Waals surface area (Å²) in [6, 6.07) is 5.16. The Morgan fingerprint density at radius 2 is 2.17 bits per heavy atom. The molecule has 0 aliphatic heterocycles. The summed E-state index contributed by atoms with van der Waals surface area (Å²) in [4.78, 5) is 10.6. The van der Waals surface area contributed by atoms with Gasteiger partial charge in [-0.2, -0.15) is 0 Å². The van der Waals surface area contributed by atoms with Crippen molar-refractivity contribution in [1.29, 1.82) is 0 Å². The van der Waals surface area contributed by atoms with Gasteiger partial charge in [0.15, 0.2) is 0 Å². The number of benzene rings is 1. The standard InChI is InChI=1S/C13H20N2O3/c1-4-10(3)18-9-11-6-7-12(14-5-2)13(8-11)15(16)17/h6-8,10,14H,4-5,9H2,1-3H3. The van der Waals surface area contributed by atoms with Crippen LogP contribution in [0.5, 0.6) is 0 Å². The van der Waals surface area contributed by atoms with E-state index in [2.05, 4.69) is 5.32 Å². The van der Waals surface area contributed by atoms with Gasteiger partial charge in [-0.3, -0.25) is 10.1 Å². The minimum atomic E-state index is -0.370. The summed E-state index contributed by atoms with van der Waals surface area (Å²) in [5.41, 5.74) is 1.47. The number of nitrogens with one attached hydrogen (secondary N) is 1. The average molecular weight is 252 g/mol. The smallest absolute Gasteiger partial charge is 0.292 e. The fourth-order valence-corrected chi connectivity index (χ4v) is 1.51. The van der Waals surface area contributed by atoms with Gasteiger partial charge in [-0.1, -0.05) is 13.0 Å². The highest BCUT2D eigenvalue weighted by atomic mass is 16.6. The van der Waals surface area contributed by atoms with E-state index in [4.69, 9.17) is 4.74 Å². The Bertz CT molecular complexity index is 407. The zero-order chi connectivity index (χ0) is 13.5. The molecule has 1 atom stereocenters. The number of nitrogens with zero attached hydrogens (tertiary/aromatic N) is 1. The maximum absolute atomic E-state index is 11.0. The Morgan fingerprint density at radius 3 is 2.72 bits per heavy atom. The number of hydrogen-bond acceptors (Lipinski definition) is 4. The second kappa shape index (κ2) is 6.96. The number of nitro benzene ring substituents is 1. The molecule has 100 valence electrons. The summed E-state index contributed by atoms with van der Waals surface area (Å²) in [5.74, 6) is 0. The summed E-state index contributed by atoms with van der Waals surface area (Å²) in [7, 11) is 0. The van der Waals surface area contributed by atoms with E-state index in [0.29, 0.717) is 18.8 Å². The number of nitro groups is 1. The van der Waals surface area contributed by atoms with E-state index in [1.165, 1.54) is 0 Å². The Kier molecular flexibility index (Phi) is 5.58. The Hall–Kier alpha value is -1.62. The molecule has 0 amide bonds. The molecule has 1 N–H and O–H groups in total. The molecule has 5 heteroatoms. The molecule has 18 heavy (non-hydrogen) atoms. The van der Waals surface area contributed by atoms with E-state index in [-0.39, 0.29) is 16.7 Å². The van der Waals surface area contributed by atoms with Gasteiger partial charge in [0.05, 0.1) is 17.6 Å². The molecule has 1 rings (SSSR count). The van der Waals surface area contributed by atoms with Crippen molar-refractivity contribution in [2.75, 3.05) is 11.9 Å². The van der Waals surface area contributed by atoms with Gasteiger partial charge in [-0.15, -0.1) is 0 Å². The third-order valence-corrected chi connectivity index (χ3v) is 2.74. The van der Waals surface area contributed by atoms with Crippen LogP contribution in [0.4, 0.5) is 11.4 Å². The van der Waals surface area contributed by atoms with Crippen molar-refractivity contribution in [3.8, 4) is 0 Å². The molecule has 5 nitrogen and oxygen atoms in total. The zero-order valence-electron chi connectivity index (χ0n) is 11.1. The highest BCUT2D eigenvalue weighted by Gasteiger charge is 2.14. The van der Waals surface area contributed by atoms with Gasteiger partial charge in [-0.05, 0) is 31.9 Å². The minimum absolute atomic E-state index is 0.0992. The fourth-order valence-electron chi connectivity index (χ4n) is 1.51. The van der Waals surface area contributed by atoms with Crippen molar-refractivity contribution in [1.82, 2.24) is 0 Å². The topological polar surface area (TPSA) is 64.4 Å². The van der Waals surface area contributed by atoms with Gasteiger partial charge in [0.1, 0.15) is 5.69 Å². The van der Waals surface area contributed by atoms with E-state index >= 15 is 0 Å². The SMILES string of the molecule is CCNc1ccc(COC(C)CC)cc1[N+](=O)[O-]. The van der Waals surface area contributed by atoms with Crippen LogP contribution in [0.25, 0.3) is 0 Å². The first-order valence-corrected chi connectivity index (χ1v) is 6.21. The normalized spacial score (nSPS) is 12.2. The number of ether oxygens (including phenoxy) is 1. The predicted molar refractivity (Wildman–Crippen MR) is 71.8 cm³/mol. The van der Waals surface area contributed by atoms with Gasteiger partial charge in [0.25, 0.3) is 5.69 Å². The summed E-state index contributed by atoms with van der Waals surface area (Å²) < 4.78 is 5.57. The number of hydrogen-bond donors (Lipinski definition) is 1. The van der Waals surface area contributed by atoms with Crippen molar-refractivity contribution >= 4 is 11.4 Å². The maximum atomic E-state index is 11.0. The molecule has 0 fully saturated rings. The molecule has 1 aromatic rings. The molecule has 0 aromatic heterocycles. The Balaban J connectivity index is 2.83. The zero-order valence-corrected chi connectivity index (χ0v) is 11.1. The van der Waals surface area contributed by atoms with Gasteiger partial charge in [-0.25, -0.2) is 0 Å². The largest absolute Gasteiger partial charge is 0.380 e. The third kappa shape index (κ3) is 4.00. The second-order valence-corrected chi connectivity index (χ2v) is 4.17. The van der Waals surface area contributed by atoms with Crippen LogP contribution in [0.15, 0.2) is 18.2 Å². The lowest BCUT2D eigenvalue weighted by Crippen LogP contribution is -2.07. The molecular weight excluding hydrogens is 232 g/mol. The first kappa shape index (κ1) is 14.4. The van der Waals surface area contributed by atoms with Crippen molar-refractivity contribution in [2.24, 2.45) is 0 Å². The molecule has 0 aliphatic carbocycles. The Labute approximate surface area is 107 Å². The van der Waals surface area contributed by atoms with E-state index in [0.717, 1.165) is 12.0 Å². The van der Waals surface area contributed by atoms with Crippen LogP contribution >= 0.6 is 0 Å². The van der Waals surface area contributed by atoms with E-state index in [1.54, 1.807) is 12.1 Å². The maximum Gasteiger partial charge on any atom is 0.292 e. The van der Waals surface area contributed by atoms with Crippen LogP contribution in [0.2, 0.25) is 0 Å².